The molecule has 0 spiro atoms. The van der Waals surface area contributed by atoms with Crippen LogP contribution in [0.5, 0.6) is 5.88 Å². The minimum absolute atomic E-state index is 0.184. The molecule has 0 amide bonds. The summed E-state index contributed by atoms with van der Waals surface area (Å²) in [5.74, 6) is 0.855. The predicted octanol–water partition coefficient (Wildman–Crippen LogP) is -0.172. The van der Waals surface area contributed by atoms with E-state index in [2.05, 4.69) is 10.3 Å². The minimum atomic E-state index is -1.18. The van der Waals surface area contributed by atoms with Crippen molar-refractivity contribution >= 4 is 11.5 Å². The van der Waals surface area contributed by atoms with Crippen molar-refractivity contribution in [3.05, 3.63) is 12.1 Å². The number of rotatable bonds is 5. The molecule has 1 aromatic rings. The third-order valence-electron chi connectivity index (χ3n) is 2.07. The summed E-state index contributed by atoms with van der Waals surface area (Å²) in [6, 6.07) is 3.33. The van der Waals surface area contributed by atoms with Crippen molar-refractivity contribution in [2.75, 3.05) is 31.3 Å². The van der Waals surface area contributed by atoms with Crippen LogP contribution in [0.4, 0.5) is 11.5 Å². The Balaban J connectivity index is 2.68. The van der Waals surface area contributed by atoms with Crippen molar-refractivity contribution < 1.29 is 14.9 Å². The average Bonchev–Trinajstić information content (AvgIpc) is 2.28. The lowest BCUT2D eigenvalue weighted by atomic mass is 10.1. The van der Waals surface area contributed by atoms with E-state index in [1.54, 1.807) is 12.1 Å². The van der Waals surface area contributed by atoms with Gasteiger partial charge in [-0.3, -0.25) is 0 Å². The molecule has 0 aromatic carbocycles. The molecule has 0 bridgehead atoms. The van der Waals surface area contributed by atoms with E-state index in [1.165, 1.54) is 14.0 Å². The van der Waals surface area contributed by atoms with E-state index < -0.39 is 5.60 Å². The van der Waals surface area contributed by atoms with Crippen LogP contribution in [0.15, 0.2) is 12.1 Å². The number of hydrogen-bond donors (Lipinski definition) is 4. The first-order valence-corrected chi connectivity index (χ1v) is 4.86. The third kappa shape index (κ3) is 3.25. The normalized spacial score (nSPS) is 14.2. The maximum atomic E-state index is 9.57. The van der Waals surface area contributed by atoms with Crippen LogP contribution in [-0.2, 0) is 0 Å². The molecule has 0 aliphatic rings. The highest BCUT2D eigenvalue weighted by Crippen LogP contribution is 2.20. The molecule has 0 fully saturated rings. The van der Waals surface area contributed by atoms with Crippen LogP contribution in [0.3, 0.4) is 0 Å². The van der Waals surface area contributed by atoms with Gasteiger partial charge in [-0.25, -0.2) is 0 Å². The van der Waals surface area contributed by atoms with Crippen LogP contribution in [0.1, 0.15) is 6.92 Å². The predicted molar refractivity (Wildman–Crippen MR) is 61.4 cm³/mol. The molecular weight excluding hydrogens is 210 g/mol. The molecule has 0 aliphatic carbocycles. The van der Waals surface area contributed by atoms with E-state index >= 15 is 0 Å². The van der Waals surface area contributed by atoms with E-state index in [0.29, 0.717) is 17.4 Å². The monoisotopic (exact) mass is 227 g/mol. The number of nitrogen functional groups attached to an aromatic ring is 1. The molecule has 16 heavy (non-hydrogen) atoms. The van der Waals surface area contributed by atoms with Gasteiger partial charge in [-0.2, -0.15) is 4.98 Å². The lowest BCUT2D eigenvalue weighted by Crippen LogP contribution is -2.37. The van der Waals surface area contributed by atoms with E-state index in [0.717, 1.165) is 0 Å². The maximum Gasteiger partial charge on any atom is 0.238 e. The second-order valence-corrected chi connectivity index (χ2v) is 3.80. The van der Waals surface area contributed by atoms with E-state index in [-0.39, 0.29) is 13.2 Å². The molecule has 1 atom stereocenters. The van der Waals surface area contributed by atoms with Gasteiger partial charge in [0.05, 0.1) is 19.4 Å². The van der Waals surface area contributed by atoms with Gasteiger partial charge in [0.25, 0.3) is 0 Å². The largest absolute Gasteiger partial charge is 0.479 e. The topological polar surface area (TPSA) is 101 Å². The first-order chi connectivity index (χ1) is 7.48. The number of aromatic nitrogens is 1. The lowest BCUT2D eigenvalue weighted by molar-refractivity contribution is 0.0131. The van der Waals surface area contributed by atoms with Gasteiger partial charge in [0, 0.05) is 6.54 Å². The van der Waals surface area contributed by atoms with Gasteiger partial charge in [-0.1, -0.05) is 0 Å². The van der Waals surface area contributed by atoms with Gasteiger partial charge in [0.1, 0.15) is 11.4 Å². The van der Waals surface area contributed by atoms with Gasteiger partial charge in [-0.05, 0) is 19.1 Å². The smallest absolute Gasteiger partial charge is 0.238 e. The zero-order valence-electron chi connectivity index (χ0n) is 9.40. The molecule has 1 heterocycles. The Morgan fingerprint density at radius 3 is 2.81 bits per heavy atom. The molecule has 1 rings (SSSR count). The second-order valence-electron chi connectivity index (χ2n) is 3.80. The zero-order chi connectivity index (χ0) is 12.2. The number of ether oxygens (including phenoxy) is 1. The number of nitrogens with zero attached hydrogens (tertiary/aromatic N) is 1. The van der Waals surface area contributed by atoms with Crippen molar-refractivity contribution in [2.24, 2.45) is 0 Å². The summed E-state index contributed by atoms with van der Waals surface area (Å²) < 4.78 is 4.96. The highest BCUT2D eigenvalue weighted by Gasteiger charge is 2.18. The number of anilines is 2. The Kier molecular flexibility index (Phi) is 3.92. The fraction of sp³-hybridized carbons (Fsp3) is 0.500. The zero-order valence-corrected chi connectivity index (χ0v) is 9.40. The summed E-state index contributed by atoms with van der Waals surface area (Å²) in [7, 11) is 1.48. The Labute approximate surface area is 94.1 Å². The highest BCUT2D eigenvalue weighted by atomic mass is 16.5. The Morgan fingerprint density at radius 2 is 2.25 bits per heavy atom. The molecule has 1 aromatic heterocycles. The van der Waals surface area contributed by atoms with E-state index in [1.807, 2.05) is 0 Å². The van der Waals surface area contributed by atoms with Crippen molar-refractivity contribution in [3.63, 3.8) is 0 Å². The van der Waals surface area contributed by atoms with Crippen LogP contribution < -0.4 is 15.8 Å². The van der Waals surface area contributed by atoms with Gasteiger partial charge in [-0.15, -0.1) is 0 Å². The fourth-order valence-corrected chi connectivity index (χ4v) is 1.05. The minimum Gasteiger partial charge on any atom is -0.479 e. The van der Waals surface area contributed by atoms with Crippen LogP contribution in [0.2, 0.25) is 0 Å². The van der Waals surface area contributed by atoms with E-state index in [4.69, 9.17) is 15.6 Å². The fourth-order valence-electron chi connectivity index (χ4n) is 1.05. The first kappa shape index (κ1) is 12.5. The van der Waals surface area contributed by atoms with Crippen molar-refractivity contribution in [2.45, 2.75) is 12.5 Å². The summed E-state index contributed by atoms with van der Waals surface area (Å²) in [6.07, 6.45) is 0. The number of hydrogen-bond acceptors (Lipinski definition) is 6. The second kappa shape index (κ2) is 5.00. The van der Waals surface area contributed by atoms with Gasteiger partial charge >= 0.3 is 0 Å². The van der Waals surface area contributed by atoms with Crippen LogP contribution in [0, 0.1) is 0 Å². The SMILES string of the molecule is COc1nc(NCC(C)(O)CO)ccc1N. The molecule has 90 valence electrons. The Hall–Kier alpha value is -1.53. The standard InChI is InChI=1S/C10H17N3O3/c1-10(15,6-14)5-12-8-4-3-7(11)9(13-8)16-2/h3-4,14-15H,5-6,11H2,1-2H3,(H,12,13). The summed E-state index contributed by atoms with van der Waals surface area (Å²) in [5.41, 5.74) is 4.87. The van der Waals surface area contributed by atoms with Crippen LogP contribution in [-0.4, -0.2) is 41.1 Å². The number of aliphatic hydroxyl groups excluding tert-OH is 1. The number of pyridine rings is 1. The average molecular weight is 227 g/mol. The molecule has 0 radical (unpaired) electrons. The number of aliphatic hydroxyl groups is 2. The van der Waals surface area contributed by atoms with Crippen molar-refractivity contribution in [1.29, 1.82) is 0 Å². The van der Waals surface area contributed by atoms with Crippen molar-refractivity contribution in [3.8, 4) is 5.88 Å². The maximum absolute atomic E-state index is 9.57. The number of methoxy groups -OCH3 is 1. The molecule has 1 unspecified atom stereocenters. The van der Waals surface area contributed by atoms with E-state index in [9.17, 15) is 5.11 Å². The summed E-state index contributed by atoms with van der Waals surface area (Å²) >= 11 is 0. The van der Waals surface area contributed by atoms with Crippen LogP contribution >= 0.6 is 0 Å². The Bertz CT molecular complexity index is 355. The highest BCUT2D eigenvalue weighted by molar-refractivity contribution is 5.53. The molecule has 5 N–H and O–H groups in total. The van der Waals surface area contributed by atoms with Gasteiger partial charge in [0.2, 0.25) is 5.88 Å². The first-order valence-electron chi connectivity index (χ1n) is 4.86. The van der Waals surface area contributed by atoms with Gasteiger partial charge in [0.15, 0.2) is 0 Å². The quantitative estimate of drug-likeness (QED) is 0.557. The molecule has 6 nitrogen and oxygen atoms in total. The molecule has 0 saturated carbocycles. The molecule has 0 aliphatic heterocycles. The molecule has 6 heteroatoms. The lowest BCUT2D eigenvalue weighted by Gasteiger charge is -2.21. The number of nitrogens with two attached hydrogens (primary N) is 1. The van der Waals surface area contributed by atoms with Gasteiger partial charge < -0.3 is 26.0 Å². The molecular formula is C10H17N3O3. The summed E-state index contributed by atoms with van der Waals surface area (Å²) in [4.78, 5) is 4.08. The molecule has 0 saturated heterocycles. The number of nitrogens with one attached hydrogen (secondary N) is 1. The van der Waals surface area contributed by atoms with Crippen molar-refractivity contribution in [1.82, 2.24) is 4.98 Å². The summed E-state index contributed by atoms with van der Waals surface area (Å²) in [6.45, 7) is 1.38. The van der Waals surface area contributed by atoms with Crippen LogP contribution in [0.25, 0.3) is 0 Å². The summed E-state index contributed by atoms with van der Waals surface area (Å²) in [5, 5.41) is 21.3. The third-order valence-corrected chi connectivity index (χ3v) is 2.07. The Morgan fingerprint density at radius 1 is 1.56 bits per heavy atom.